The molecule has 0 aliphatic carbocycles. The van der Waals surface area contributed by atoms with Gasteiger partial charge in [0.2, 0.25) is 0 Å². The van der Waals surface area contributed by atoms with Crippen molar-refractivity contribution in [3.63, 3.8) is 0 Å². The van der Waals surface area contributed by atoms with Crippen molar-refractivity contribution in [3.8, 4) is 0 Å². The van der Waals surface area contributed by atoms with Crippen LogP contribution in [0.1, 0.15) is 22.8 Å². The highest BCUT2D eigenvalue weighted by atomic mass is 79.9. The maximum Gasteiger partial charge on any atom is 0.326 e. The van der Waals surface area contributed by atoms with Crippen molar-refractivity contribution in [1.29, 1.82) is 0 Å². The normalized spacial score (nSPS) is 14.6. The zero-order valence-electron chi connectivity index (χ0n) is 9.07. The Morgan fingerprint density at radius 1 is 1.75 bits per heavy atom. The fourth-order valence-corrected chi connectivity index (χ4v) is 2.77. The molecule has 1 aromatic heterocycles. The second kappa shape index (κ2) is 5.77. The maximum absolute atomic E-state index is 11.3. The molecule has 2 atom stereocenters. The molecule has 0 saturated carbocycles. The summed E-state index contributed by atoms with van der Waals surface area (Å²) in [5.74, 6) is -0.586. The summed E-state index contributed by atoms with van der Waals surface area (Å²) >= 11 is 4.75. The number of halogens is 1. The molecular formula is C10H14BrNO3S. The first-order valence-electron chi connectivity index (χ1n) is 4.83. The highest BCUT2D eigenvalue weighted by Crippen LogP contribution is 2.31. The van der Waals surface area contributed by atoms with E-state index >= 15 is 0 Å². The summed E-state index contributed by atoms with van der Waals surface area (Å²) in [6.45, 7) is 3.87. The van der Waals surface area contributed by atoms with E-state index in [4.69, 9.17) is 10.5 Å². The van der Waals surface area contributed by atoms with Crippen molar-refractivity contribution < 1.29 is 14.6 Å². The van der Waals surface area contributed by atoms with Gasteiger partial charge in [-0.15, -0.1) is 11.3 Å². The molecule has 90 valence electrons. The van der Waals surface area contributed by atoms with Crippen LogP contribution in [-0.2, 0) is 9.53 Å². The number of ether oxygens (including phenoxy) is 1. The maximum atomic E-state index is 11.3. The van der Waals surface area contributed by atoms with E-state index < -0.39 is 18.1 Å². The van der Waals surface area contributed by atoms with Crippen molar-refractivity contribution >= 4 is 33.2 Å². The van der Waals surface area contributed by atoms with Crippen LogP contribution in [0, 0.1) is 6.92 Å². The van der Waals surface area contributed by atoms with Gasteiger partial charge in [-0.2, -0.15) is 0 Å². The van der Waals surface area contributed by atoms with Crippen molar-refractivity contribution in [2.45, 2.75) is 26.0 Å². The molecule has 0 bridgehead atoms. The van der Waals surface area contributed by atoms with E-state index in [1.807, 2.05) is 6.92 Å². The second-order valence-electron chi connectivity index (χ2n) is 3.28. The Kier molecular flexibility index (Phi) is 4.91. The number of aryl methyl sites for hydroxylation is 1. The molecule has 0 amide bonds. The predicted molar refractivity (Wildman–Crippen MR) is 66.3 cm³/mol. The lowest BCUT2D eigenvalue weighted by Crippen LogP contribution is -2.37. The zero-order valence-corrected chi connectivity index (χ0v) is 11.5. The molecule has 1 aromatic rings. The van der Waals surface area contributed by atoms with E-state index in [1.165, 1.54) is 11.3 Å². The van der Waals surface area contributed by atoms with Crippen molar-refractivity contribution in [2.75, 3.05) is 6.61 Å². The number of thiophene rings is 1. The van der Waals surface area contributed by atoms with Crippen LogP contribution in [0.3, 0.4) is 0 Å². The summed E-state index contributed by atoms with van der Waals surface area (Å²) in [6, 6.07) is 0.730. The fraction of sp³-hybridized carbons (Fsp3) is 0.500. The molecule has 4 nitrogen and oxygen atoms in total. The molecule has 6 heteroatoms. The minimum absolute atomic E-state index is 0.256. The molecule has 0 radical (unpaired) electrons. The molecule has 0 aromatic carbocycles. The third kappa shape index (κ3) is 3.04. The van der Waals surface area contributed by atoms with Gasteiger partial charge in [0, 0.05) is 14.2 Å². The number of aliphatic hydroxyl groups is 1. The third-order valence-corrected chi connectivity index (χ3v) is 4.27. The van der Waals surface area contributed by atoms with Gasteiger partial charge in [-0.05, 0) is 35.8 Å². The van der Waals surface area contributed by atoms with Crippen molar-refractivity contribution in [2.24, 2.45) is 5.73 Å². The SMILES string of the molecule is CCOC(=O)C(N)C(O)c1cc(Br)c(C)s1. The van der Waals surface area contributed by atoms with E-state index in [9.17, 15) is 9.90 Å². The Bertz CT molecular complexity index is 361. The first kappa shape index (κ1) is 13.6. The highest BCUT2D eigenvalue weighted by Gasteiger charge is 2.26. The van der Waals surface area contributed by atoms with Gasteiger partial charge in [0.05, 0.1) is 6.61 Å². The average Bonchev–Trinajstić information content (AvgIpc) is 2.57. The first-order valence-corrected chi connectivity index (χ1v) is 6.44. The van der Waals surface area contributed by atoms with E-state index in [2.05, 4.69) is 15.9 Å². The summed E-state index contributed by atoms with van der Waals surface area (Å²) in [7, 11) is 0. The van der Waals surface area contributed by atoms with Gasteiger partial charge < -0.3 is 15.6 Å². The molecule has 0 fully saturated rings. The van der Waals surface area contributed by atoms with Gasteiger partial charge in [0.15, 0.2) is 0 Å². The van der Waals surface area contributed by atoms with Crippen LogP contribution in [0.25, 0.3) is 0 Å². The van der Waals surface area contributed by atoms with Gasteiger partial charge in [-0.3, -0.25) is 4.79 Å². The monoisotopic (exact) mass is 307 g/mol. The first-order chi connectivity index (χ1) is 7.47. The summed E-state index contributed by atoms with van der Waals surface area (Å²) in [5.41, 5.74) is 5.60. The topological polar surface area (TPSA) is 72.5 Å². The third-order valence-electron chi connectivity index (χ3n) is 2.07. The number of carbonyl (C=O) groups excluding carboxylic acids is 1. The standard InChI is InChI=1S/C10H14BrNO3S/c1-3-15-10(14)8(12)9(13)7-4-6(11)5(2)16-7/h4,8-9,13H,3,12H2,1-2H3. The van der Waals surface area contributed by atoms with E-state index in [1.54, 1.807) is 13.0 Å². The van der Waals surface area contributed by atoms with Crippen LogP contribution < -0.4 is 5.73 Å². The molecule has 2 unspecified atom stereocenters. The Hall–Kier alpha value is -0.430. The van der Waals surface area contributed by atoms with Crippen LogP contribution in [0.2, 0.25) is 0 Å². The highest BCUT2D eigenvalue weighted by molar-refractivity contribution is 9.10. The quantitative estimate of drug-likeness (QED) is 0.831. The van der Waals surface area contributed by atoms with Gasteiger partial charge in [-0.1, -0.05) is 0 Å². The van der Waals surface area contributed by atoms with Gasteiger partial charge in [0.25, 0.3) is 0 Å². The number of esters is 1. The molecule has 1 rings (SSSR count). The van der Waals surface area contributed by atoms with Gasteiger partial charge in [0.1, 0.15) is 12.1 Å². The van der Waals surface area contributed by atoms with Crippen molar-refractivity contribution in [3.05, 3.63) is 20.3 Å². The minimum Gasteiger partial charge on any atom is -0.465 e. The lowest BCUT2D eigenvalue weighted by Gasteiger charge is -2.15. The average molecular weight is 308 g/mol. The van der Waals surface area contributed by atoms with Crippen LogP contribution in [-0.4, -0.2) is 23.7 Å². The molecule has 16 heavy (non-hydrogen) atoms. The van der Waals surface area contributed by atoms with Gasteiger partial charge >= 0.3 is 5.97 Å². The molecule has 1 heterocycles. The van der Waals surface area contributed by atoms with Crippen LogP contribution in [0.15, 0.2) is 10.5 Å². The number of carbonyl (C=O) groups is 1. The van der Waals surface area contributed by atoms with Crippen LogP contribution >= 0.6 is 27.3 Å². The summed E-state index contributed by atoms with van der Waals surface area (Å²) in [5, 5.41) is 9.89. The summed E-state index contributed by atoms with van der Waals surface area (Å²) < 4.78 is 5.66. The molecule has 3 N–H and O–H groups in total. The lowest BCUT2D eigenvalue weighted by atomic mass is 10.1. The number of rotatable bonds is 4. The van der Waals surface area contributed by atoms with Crippen LogP contribution in [0.5, 0.6) is 0 Å². The summed E-state index contributed by atoms with van der Waals surface area (Å²) in [4.78, 5) is 13.0. The largest absolute Gasteiger partial charge is 0.465 e. The Morgan fingerprint density at radius 2 is 2.38 bits per heavy atom. The summed E-state index contributed by atoms with van der Waals surface area (Å²) in [6.07, 6.45) is -1.02. The Labute approximate surface area is 107 Å². The molecular weight excluding hydrogens is 294 g/mol. The molecule has 0 spiro atoms. The number of aliphatic hydroxyl groups excluding tert-OH is 1. The fourth-order valence-electron chi connectivity index (χ4n) is 1.17. The molecule has 0 aliphatic heterocycles. The minimum atomic E-state index is -1.04. The second-order valence-corrected chi connectivity index (χ2v) is 5.42. The molecule has 0 saturated heterocycles. The van der Waals surface area contributed by atoms with Crippen molar-refractivity contribution in [1.82, 2.24) is 0 Å². The number of nitrogens with two attached hydrogens (primary N) is 1. The number of hydrogen-bond donors (Lipinski definition) is 2. The molecule has 0 aliphatic rings. The lowest BCUT2D eigenvalue weighted by molar-refractivity contribution is -0.147. The van der Waals surface area contributed by atoms with E-state index in [0.717, 1.165) is 9.35 Å². The Balaban J connectivity index is 2.77. The van der Waals surface area contributed by atoms with Gasteiger partial charge in [-0.25, -0.2) is 0 Å². The Morgan fingerprint density at radius 3 is 2.81 bits per heavy atom. The smallest absolute Gasteiger partial charge is 0.326 e. The van der Waals surface area contributed by atoms with E-state index in [0.29, 0.717) is 4.88 Å². The van der Waals surface area contributed by atoms with Crippen LogP contribution in [0.4, 0.5) is 0 Å². The van der Waals surface area contributed by atoms with E-state index in [-0.39, 0.29) is 6.61 Å². The zero-order chi connectivity index (χ0) is 12.3. The number of hydrogen-bond acceptors (Lipinski definition) is 5. The predicted octanol–water partition coefficient (Wildman–Crippen LogP) is 1.74.